The Morgan fingerprint density at radius 3 is 3.00 bits per heavy atom. The van der Waals surface area contributed by atoms with Crippen molar-refractivity contribution in [3.05, 3.63) is 34.3 Å². The van der Waals surface area contributed by atoms with Gasteiger partial charge in [-0.15, -0.1) is 11.3 Å². The Balaban J connectivity index is 2.07. The zero-order chi connectivity index (χ0) is 12.7. The summed E-state index contributed by atoms with van der Waals surface area (Å²) in [6, 6.07) is 6.02. The van der Waals surface area contributed by atoms with Crippen LogP contribution in [-0.4, -0.2) is 10.1 Å². The average Bonchev–Trinajstić information content (AvgIpc) is 2.74. The number of thiazole rings is 1. The first-order chi connectivity index (χ1) is 8.65. The van der Waals surface area contributed by atoms with Crippen molar-refractivity contribution in [3.63, 3.8) is 0 Å². The van der Waals surface area contributed by atoms with Gasteiger partial charge in [0.05, 0.1) is 16.7 Å². The number of rotatable bonds is 1. The molecule has 1 heterocycles. The molecule has 3 N–H and O–H groups in total. The fourth-order valence-electron chi connectivity index (χ4n) is 2.39. The predicted molar refractivity (Wildman–Crippen MR) is 74.6 cm³/mol. The summed E-state index contributed by atoms with van der Waals surface area (Å²) in [6.07, 6.45) is 2.49. The van der Waals surface area contributed by atoms with Crippen molar-refractivity contribution < 1.29 is 5.11 Å². The number of anilines is 1. The first-order valence-corrected chi connectivity index (χ1v) is 7.01. The lowest BCUT2D eigenvalue weighted by molar-refractivity contribution is 0.160. The molecule has 0 fully saturated rings. The monoisotopic (exact) mass is 260 g/mol. The molecule has 18 heavy (non-hydrogen) atoms. The number of fused-ring (bicyclic) bond motifs is 1. The zero-order valence-electron chi connectivity index (χ0n) is 10.3. The van der Waals surface area contributed by atoms with Crippen molar-refractivity contribution in [3.8, 4) is 10.6 Å². The molecular weight excluding hydrogens is 244 g/mol. The van der Waals surface area contributed by atoms with Gasteiger partial charge in [-0.3, -0.25) is 0 Å². The standard InChI is InChI=1S/C14H16N2OS/c1-8-5-6-9(10(15)7-8)14-16-11-3-2-4-12(17)13(11)18-14/h5-7,12,17H,2-4,15H2,1H3. The van der Waals surface area contributed by atoms with Crippen molar-refractivity contribution >= 4 is 17.0 Å². The molecule has 0 saturated carbocycles. The van der Waals surface area contributed by atoms with Crippen LogP contribution in [0.2, 0.25) is 0 Å². The minimum absolute atomic E-state index is 0.341. The van der Waals surface area contributed by atoms with E-state index in [1.165, 1.54) is 0 Å². The Kier molecular flexibility index (Phi) is 2.84. The third kappa shape index (κ3) is 1.91. The summed E-state index contributed by atoms with van der Waals surface area (Å²) < 4.78 is 0. The maximum Gasteiger partial charge on any atom is 0.126 e. The van der Waals surface area contributed by atoms with Gasteiger partial charge in [0.1, 0.15) is 5.01 Å². The maximum atomic E-state index is 9.97. The van der Waals surface area contributed by atoms with Gasteiger partial charge in [-0.05, 0) is 43.9 Å². The molecule has 1 atom stereocenters. The summed E-state index contributed by atoms with van der Waals surface area (Å²) in [6.45, 7) is 2.02. The lowest BCUT2D eigenvalue weighted by Gasteiger charge is -2.14. The highest BCUT2D eigenvalue weighted by Gasteiger charge is 2.23. The maximum absolute atomic E-state index is 9.97. The molecule has 94 valence electrons. The van der Waals surface area contributed by atoms with E-state index in [1.54, 1.807) is 11.3 Å². The number of hydrogen-bond donors (Lipinski definition) is 2. The molecule has 1 aliphatic carbocycles. The summed E-state index contributed by atoms with van der Waals surface area (Å²) in [7, 11) is 0. The highest BCUT2D eigenvalue weighted by atomic mass is 32.1. The zero-order valence-corrected chi connectivity index (χ0v) is 11.1. The fourth-order valence-corrected chi connectivity index (χ4v) is 3.57. The van der Waals surface area contributed by atoms with Gasteiger partial charge in [0.2, 0.25) is 0 Å². The smallest absolute Gasteiger partial charge is 0.126 e. The first kappa shape index (κ1) is 11.7. The molecule has 4 heteroatoms. The van der Waals surface area contributed by atoms with Crippen LogP contribution in [0.25, 0.3) is 10.6 Å². The largest absolute Gasteiger partial charge is 0.398 e. The van der Waals surface area contributed by atoms with E-state index >= 15 is 0 Å². The molecule has 1 unspecified atom stereocenters. The van der Waals surface area contributed by atoms with Crippen LogP contribution in [0, 0.1) is 6.92 Å². The van der Waals surface area contributed by atoms with Crippen LogP contribution in [0.4, 0.5) is 5.69 Å². The van der Waals surface area contributed by atoms with E-state index in [2.05, 4.69) is 4.98 Å². The second-order valence-electron chi connectivity index (χ2n) is 4.83. The molecule has 1 aromatic heterocycles. The fraction of sp³-hybridized carbons (Fsp3) is 0.357. The lowest BCUT2D eigenvalue weighted by atomic mass is 10.0. The second kappa shape index (κ2) is 4.37. The number of aromatic nitrogens is 1. The lowest BCUT2D eigenvalue weighted by Crippen LogP contribution is -2.06. The van der Waals surface area contributed by atoms with Gasteiger partial charge in [0.15, 0.2) is 0 Å². The molecule has 1 aliphatic rings. The molecule has 3 rings (SSSR count). The number of aliphatic hydroxyl groups excluding tert-OH is 1. The molecule has 2 aromatic rings. The molecule has 0 radical (unpaired) electrons. The van der Waals surface area contributed by atoms with E-state index in [1.807, 2.05) is 25.1 Å². The Bertz CT molecular complexity index is 591. The first-order valence-electron chi connectivity index (χ1n) is 6.19. The summed E-state index contributed by atoms with van der Waals surface area (Å²) in [4.78, 5) is 5.66. The van der Waals surface area contributed by atoms with Gasteiger partial charge in [-0.2, -0.15) is 0 Å². The summed E-state index contributed by atoms with van der Waals surface area (Å²) in [5.41, 5.74) is 9.99. The van der Waals surface area contributed by atoms with Crippen molar-refractivity contribution in [1.29, 1.82) is 0 Å². The van der Waals surface area contributed by atoms with Gasteiger partial charge in [0.25, 0.3) is 0 Å². The highest BCUT2D eigenvalue weighted by molar-refractivity contribution is 7.15. The van der Waals surface area contributed by atoms with Gasteiger partial charge >= 0.3 is 0 Å². The van der Waals surface area contributed by atoms with Crippen LogP contribution < -0.4 is 5.73 Å². The number of nitrogens with zero attached hydrogens (tertiary/aromatic N) is 1. The van der Waals surface area contributed by atoms with E-state index in [-0.39, 0.29) is 6.10 Å². The van der Waals surface area contributed by atoms with Gasteiger partial charge < -0.3 is 10.8 Å². The molecule has 3 nitrogen and oxygen atoms in total. The predicted octanol–water partition coefficient (Wildman–Crippen LogP) is 3.07. The number of benzene rings is 1. The van der Waals surface area contributed by atoms with E-state index < -0.39 is 0 Å². The van der Waals surface area contributed by atoms with E-state index in [0.717, 1.165) is 51.7 Å². The van der Waals surface area contributed by atoms with Gasteiger partial charge in [0, 0.05) is 11.3 Å². The van der Waals surface area contributed by atoms with Crippen molar-refractivity contribution in [2.45, 2.75) is 32.3 Å². The van der Waals surface area contributed by atoms with E-state index in [0.29, 0.717) is 0 Å². The number of nitrogen functional groups attached to an aromatic ring is 1. The van der Waals surface area contributed by atoms with Crippen LogP contribution in [0.15, 0.2) is 18.2 Å². The Morgan fingerprint density at radius 2 is 2.28 bits per heavy atom. The van der Waals surface area contributed by atoms with Crippen LogP contribution >= 0.6 is 11.3 Å². The number of hydrogen-bond acceptors (Lipinski definition) is 4. The Hall–Kier alpha value is -1.39. The number of aliphatic hydroxyl groups is 1. The quantitative estimate of drug-likeness (QED) is 0.775. The SMILES string of the molecule is Cc1ccc(-c2nc3c(s2)C(O)CCC3)c(N)c1. The summed E-state index contributed by atoms with van der Waals surface area (Å²) >= 11 is 1.58. The third-order valence-electron chi connectivity index (χ3n) is 3.36. The molecule has 0 amide bonds. The molecule has 0 bridgehead atoms. The minimum atomic E-state index is -0.341. The van der Waals surface area contributed by atoms with E-state index in [4.69, 9.17) is 5.73 Å². The van der Waals surface area contributed by atoms with Crippen molar-refractivity contribution in [1.82, 2.24) is 4.98 Å². The second-order valence-corrected chi connectivity index (χ2v) is 5.86. The third-order valence-corrected chi connectivity index (χ3v) is 4.59. The van der Waals surface area contributed by atoms with Crippen molar-refractivity contribution in [2.75, 3.05) is 5.73 Å². The number of aryl methyl sites for hydroxylation is 2. The van der Waals surface area contributed by atoms with Crippen LogP contribution in [0.5, 0.6) is 0 Å². The van der Waals surface area contributed by atoms with Crippen LogP contribution in [0.3, 0.4) is 0 Å². The van der Waals surface area contributed by atoms with E-state index in [9.17, 15) is 5.11 Å². The molecule has 1 aromatic carbocycles. The Morgan fingerprint density at radius 1 is 1.44 bits per heavy atom. The van der Waals surface area contributed by atoms with Crippen molar-refractivity contribution in [2.24, 2.45) is 0 Å². The van der Waals surface area contributed by atoms with Crippen LogP contribution in [-0.2, 0) is 6.42 Å². The highest BCUT2D eigenvalue weighted by Crippen LogP contribution is 2.39. The molecule has 0 spiro atoms. The molecule has 0 aliphatic heterocycles. The van der Waals surface area contributed by atoms with Gasteiger partial charge in [-0.25, -0.2) is 4.98 Å². The molecule has 0 saturated heterocycles. The average molecular weight is 260 g/mol. The topological polar surface area (TPSA) is 59.1 Å². The van der Waals surface area contributed by atoms with Crippen LogP contribution in [0.1, 0.15) is 35.1 Å². The summed E-state index contributed by atoms with van der Waals surface area (Å²) in [5, 5.41) is 10.9. The normalized spacial score (nSPS) is 18.7. The minimum Gasteiger partial charge on any atom is -0.398 e. The summed E-state index contributed by atoms with van der Waals surface area (Å²) in [5.74, 6) is 0. The number of nitrogens with two attached hydrogens (primary N) is 1. The Labute approximate surface area is 110 Å². The van der Waals surface area contributed by atoms with Gasteiger partial charge in [-0.1, -0.05) is 6.07 Å². The molecular formula is C14H16N2OS.